The number of aromatic nitrogens is 1. The molecule has 0 unspecified atom stereocenters. The van der Waals surface area contributed by atoms with Crippen molar-refractivity contribution >= 4 is 49.9 Å². The number of benzene rings is 1. The number of hydrogen-bond donors (Lipinski definition) is 2. The number of halogens is 1. The zero-order valence-electron chi connectivity index (χ0n) is 10.5. The maximum Gasteiger partial charge on any atom is 0.365 e. The first-order valence-electron chi connectivity index (χ1n) is 5.45. The fraction of sp³-hybridized carbons (Fsp3) is 0.0909. The lowest BCUT2D eigenvalue weighted by molar-refractivity contribution is 0.0692. The maximum absolute atomic E-state index is 11.7. The molecule has 2 N–H and O–H groups in total. The third kappa shape index (κ3) is 3.16. The number of carboxylic acids is 1. The van der Waals surface area contributed by atoms with E-state index in [0.717, 1.165) is 11.3 Å². The zero-order valence-corrected chi connectivity index (χ0v) is 12.9. The van der Waals surface area contributed by atoms with Gasteiger partial charge in [0, 0.05) is 0 Å². The van der Waals surface area contributed by atoms with Crippen LogP contribution in [0, 0.1) is 6.92 Å². The van der Waals surface area contributed by atoms with Crippen LogP contribution in [0.15, 0.2) is 24.3 Å². The Hall–Kier alpha value is -1.68. The second kappa shape index (κ2) is 5.60. The summed E-state index contributed by atoms with van der Waals surface area (Å²) in [4.78, 5) is 14.9. The predicted molar refractivity (Wildman–Crippen MR) is 78.9 cm³/mol. The molecule has 0 aliphatic heterocycles. The van der Waals surface area contributed by atoms with E-state index in [1.165, 1.54) is 25.1 Å². The molecule has 0 spiro atoms. The van der Waals surface area contributed by atoms with Crippen molar-refractivity contribution in [1.82, 2.24) is 4.98 Å². The van der Waals surface area contributed by atoms with Crippen molar-refractivity contribution in [1.29, 1.82) is 0 Å². The van der Waals surface area contributed by atoms with Crippen LogP contribution in [0.4, 0.5) is 10.7 Å². The molecular formula is C11H9ClN2O5S2. The molecule has 1 aromatic carbocycles. The van der Waals surface area contributed by atoms with E-state index in [2.05, 4.69) is 4.98 Å². The average molecular weight is 349 g/mol. The molecule has 1 heterocycles. The summed E-state index contributed by atoms with van der Waals surface area (Å²) in [6, 6.07) is 5.85. The van der Waals surface area contributed by atoms with Crippen LogP contribution in [0.3, 0.4) is 0 Å². The van der Waals surface area contributed by atoms with Crippen molar-refractivity contribution in [3.8, 4) is 0 Å². The molecule has 10 heteroatoms. The molecule has 0 amide bonds. The minimum atomic E-state index is -4.78. The van der Waals surface area contributed by atoms with Gasteiger partial charge in [0.25, 0.3) is 0 Å². The number of thiazole rings is 1. The number of para-hydroxylation sites is 1. The highest BCUT2D eigenvalue weighted by Gasteiger charge is 2.31. The van der Waals surface area contributed by atoms with Gasteiger partial charge < -0.3 is 5.11 Å². The van der Waals surface area contributed by atoms with Gasteiger partial charge in [0.2, 0.25) is 0 Å². The molecule has 112 valence electrons. The van der Waals surface area contributed by atoms with E-state index in [0.29, 0.717) is 9.31 Å². The van der Waals surface area contributed by atoms with Gasteiger partial charge in [-0.3, -0.25) is 4.55 Å². The molecule has 0 aliphatic carbocycles. The first-order valence-corrected chi connectivity index (χ1v) is 8.04. The molecule has 0 saturated heterocycles. The van der Waals surface area contributed by atoms with Crippen LogP contribution >= 0.6 is 22.9 Å². The highest BCUT2D eigenvalue weighted by atomic mass is 35.5. The highest BCUT2D eigenvalue weighted by molar-refractivity contribution is 7.87. The molecule has 0 saturated carbocycles. The van der Waals surface area contributed by atoms with Crippen LogP contribution in [0.2, 0.25) is 5.02 Å². The number of anilines is 2. The summed E-state index contributed by atoms with van der Waals surface area (Å²) in [6.45, 7) is 1.52. The second-order valence-corrected chi connectivity index (χ2v) is 6.74. The van der Waals surface area contributed by atoms with Crippen molar-refractivity contribution in [3.05, 3.63) is 40.0 Å². The van der Waals surface area contributed by atoms with E-state index >= 15 is 0 Å². The molecular weight excluding hydrogens is 340 g/mol. The number of nitrogens with zero attached hydrogens (tertiary/aromatic N) is 2. The van der Waals surface area contributed by atoms with Gasteiger partial charge in [-0.25, -0.2) is 14.1 Å². The van der Waals surface area contributed by atoms with Gasteiger partial charge >= 0.3 is 16.3 Å². The predicted octanol–water partition coefficient (Wildman–Crippen LogP) is 2.74. The largest absolute Gasteiger partial charge is 0.476 e. The molecule has 1 aromatic heterocycles. The van der Waals surface area contributed by atoms with Gasteiger partial charge in [-0.05, 0) is 19.1 Å². The van der Waals surface area contributed by atoms with Crippen molar-refractivity contribution < 1.29 is 22.9 Å². The number of hydrogen-bond acceptors (Lipinski definition) is 5. The van der Waals surface area contributed by atoms with Gasteiger partial charge in [-0.1, -0.05) is 35.1 Å². The standard InChI is InChI=1S/C11H9ClN2O5S2/c1-6-13-9(11(15)16)10(20-6)14(21(17,18)19)8-5-3-2-4-7(8)12/h2-5H,1H3,(H,15,16)(H,17,18,19). The Morgan fingerprint density at radius 2 is 2.00 bits per heavy atom. The van der Waals surface area contributed by atoms with E-state index in [1.54, 1.807) is 6.07 Å². The number of rotatable bonds is 4. The van der Waals surface area contributed by atoms with Crippen LogP contribution in [-0.2, 0) is 10.3 Å². The third-order valence-corrected chi connectivity index (χ3v) is 4.64. The number of aryl methyl sites for hydroxylation is 1. The fourth-order valence-corrected chi connectivity index (χ4v) is 3.84. The topological polar surface area (TPSA) is 108 Å². The van der Waals surface area contributed by atoms with Crippen LogP contribution < -0.4 is 4.31 Å². The van der Waals surface area contributed by atoms with Crippen LogP contribution in [0.25, 0.3) is 0 Å². The summed E-state index contributed by atoms with van der Waals surface area (Å²) >= 11 is 6.75. The average Bonchev–Trinajstić information content (AvgIpc) is 2.72. The Morgan fingerprint density at radius 3 is 2.52 bits per heavy atom. The van der Waals surface area contributed by atoms with E-state index in [1.807, 2.05) is 0 Å². The molecule has 2 aromatic rings. The molecule has 0 atom stereocenters. The minimum absolute atomic E-state index is 0.0394. The van der Waals surface area contributed by atoms with Crippen LogP contribution in [-0.4, -0.2) is 29.0 Å². The lowest BCUT2D eigenvalue weighted by Gasteiger charge is -2.20. The van der Waals surface area contributed by atoms with E-state index in [-0.39, 0.29) is 15.7 Å². The number of carboxylic acid groups (broad SMARTS) is 1. The molecule has 0 radical (unpaired) electrons. The Morgan fingerprint density at radius 1 is 1.38 bits per heavy atom. The Labute approximate surface area is 129 Å². The van der Waals surface area contributed by atoms with Crippen molar-refractivity contribution in [2.24, 2.45) is 0 Å². The Balaban J connectivity index is 2.75. The summed E-state index contributed by atoms with van der Waals surface area (Å²) in [5.74, 6) is -1.41. The third-order valence-electron chi connectivity index (χ3n) is 2.41. The summed E-state index contributed by atoms with van der Waals surface area (Å²) in [5, 5.41) is 9.25. The summed E-state index contributed by atoms with van der Waals surface area (Å²) in [6.07, 6.45) is 0. The second-order valence-electron chi connectivity index (χ2n) is 3.89. The molecule has 7 nitrogen and oxygen atoms in total. The summed E-state index contributed by atoms with van der Waals surface area (Å²) in [5.41, 5.74) is -0.539. The molecule has 0 fully saturated rings. The molecule has 0 aliphatic rings. The molecule has 21 heavy (non-hydrogen) atoms. The van der Waals surface area contributed by atoms with Gasteiger partial charge in [-0.15, -0.1) is 0 Å². The van der Waals surface area contributed by atoms with E-state index < -0.39 is 22.0 Å². The monoisotopic (exact) mass is 348 g/mol. The maximum atomic E-state index is 11.7. The first kappa shape index (κ1) is 15.7. The Kier molecular flexibility index (Phi) is 4.19. The van der Waals surface area contributed by atoms with Crippen molar-refractivity contribution in [2.45, 2.75) is 6.92 Å². The van der Waals surface area contributed by atoms with Crippen molar-refractivity contribution in [2.75, 3.05) is 4.31 Å². The van der Waals surface area contributed by atoms with Gasteiger partial charge in [0.1, 0.15) is 5.00 Å². The van der Waals surface area contributed by atoms with Gasteiger partial charge in [0.15, 0.2) is 5.69 Å². The summed E-state index contributed by atoms with van der Waals surface area (Å²) in [7, 11) is -4.78. The van der Waals surface area contributed by atoms with Gasteiger partial charge in [-0.2, -0.15) is 8.42 Å². The minimum Gasteiger partial charge on any atom is -0.476 e. The molecule has 2 rings (SSSR count). The van der Waals surface area contributed by atoms with E-state index in [4.69, 9.17) is 16.7 Å². The fourth-order valence-electron chi connectivity index (χ4n) is 1.65. The van der Waals surface area contributed by atoms with Crippen molar-refractivity contribution in [3.63, 3.8) is 0 Å². The lowest BCUT2D eigenvalue weighted by atomic mass is 10.3. The zero-order chi connectivity index (χ0) is 15.8. The quantitative estimate of drug-likeness (QED) is 0.822. The normalized spacial score (nSPS) is 11.4. The SMILES string of the molecule is Cc1nc(C(=O)O)c(N(c2ccccc2Cl)S(=O)(=O)O)s1. The van der Waals surface area contributed by atoms with E-state index in [9.17, 15) is 17.8 Å². The molecule has 0 bridgehead atoms. The lowest BCUT2D eigenvalue weighted by Crippen LogP contribution is -2.26. The number of carbonyl (C=O) groups is 1. The van der Waals surface area contributed by atoms with Crippen LogP contribution in [0.1, 0.15) is 15.5 Å². The highest BCUT2D eigenvalue weighted by Crippen LogP contribution is 2.39. The first-order chi connectivity index (χ1) is 9.71. The summed E-state index contributed by atoms with van der Waals surface area (Å²) < 4.78 is 33.3. The van der Waals surface area contributed by atoms with Crippen LogP contribution in [0.5, 0.6) is 0 Å². The smallest absolute Gasteiger partial charge is 0.365 e. The Bertz CT molecular complexity index is 803. The number of aromatic carboxylic acids is 1. The van der Waals surface area contributed by atoms with Gasteiger partial charge in [0.05, 0.1) is 15.7 Å².